The number of hydrogen-bond acceptors (Lipinski definition) is 3. The Labute approximate surface area is 94.7 Å². The van der Waals surface area contributed by atoms with Gasteiger partial charge in [0.1, 0.15) is 6.61 Å². The van der Waals surface area contributed by atoms with Crippen molar-refractivity contribution in [2.45, 2.75) is 26.5 Å². The zero-order chi connectivity index (χ0) is 11.3. The maximum Gasteiger partial charge on any atom is 0.248 e. The summed E-state index contributed by atoms with van der Waals surface area (Å²) in [6.07, 6.45) is 0.101. The standard InChI is InChI=1S/C11H17NO2S/c1-9(2)14-8-11(13)12(3)7-10-5-4-6-15-10/h4-6,9H,7-8H2,1-3H3. The maximum absolute atomic E-state index is 11.6. The molecule has 0 saturated heterocycles. The van der Waals surface area contributed by atoms with E-state index in [0.717, 1.165) is 0 Å². The normalized spacial score (nSPS) is 10.7. The van der Waals surface area contributed by atoms with Gasteiger partial charge >= 0.3 is 0 Å². The van der Waals surface area contributed by atoms with E-state index in [0.29, 0.717) is 6.54 Å². The van der Waals surface area contributed by atoms with Crippen molar-refractivity contribution in [3.8, 4) is 0 Å². The number of likely N-dealkylation sites (N-methyl/N-ethyl adjacent to an activating group) is 1. The minimum Gasteiger partial charge on any atom is -0.369 e. The smallest absolute Gasteiger partial charge is 0.248 e. The van der Waals surface area contributed by atoms with Crippen molar-refractivity contribution in [3.63, 3.8) is 0 Å². The van der Waals surface area contributed by atoms with Crippen molar-refractivity contribution < 1.29 is 9.53 Å². The first-order valence-corrected chi connectivity index (χ1v) is 5.85. The van der Waals surface area contributed by atoms with Gasteiger partial charge in [-0.1, -0.05) is 6.07 Å². The molecule has 1 aromatic rings. The predicted octanol–water partition coefficient (Wildman–Crippen LogP) is 2.13. The van der Waals surface area contributed by atoms with E-state index in [4.69, 9.17) is 4.74 Å². The Morgan fingerprint density at radius 1 is 1.60 bits per heavy atom. The quantitative estimate of drug-likeness (QED) is 0.771. The van der Waals surface area contributed by atoms with Gasteiger partial charge in [0.25, 0.3) is 0 Å². The highest BCUT2D eigenvalue weighted by Crippen LogP contribution is 2.10. The number of thiophene rings is 1. The molecule has 1 aromatic heterocycles. The number of carbonyl (C=O) groups excluding carboxylic acids is 1. The van der Waals surface area contributed by atoms with Gasteiger partial charge in [0, 0.05) is 11.9 Å². The number of ether oxygens (including phenoxy) is 1. The summed E-state index contributed by atoms with van der Waals surface area (Å²) in [5.41, 5.74) is 0. The van der Waals surface area contributed by atoms with E-state index in [1.807, 2.05) is 31.4 Å². The van der Waals surface area contributed by atoms with Gasteiger partial charge in [0.15, 0.2) is 0 Å². The molecular formula is C11H17NO2S. The summed E-state index contributed by atoms with van der Waals surface area (Å²) in [5.74, 6) is 0.0251. The first kappa shape index (κ1) is 12.2. The highest BCUT2D eigenvalue weighted by atomic mass is 32.1. The molecule has 0 radical (unpaired) electrons. The zero-order valence-electron chi connectivity index (χ0n) is 9.40. The van der Waals surface area contributed by atoms with Crippen molar-refractivity contribution in [1.29, 1.82) is 0 Å². The fourth-order valence-electron chi connectivity index (χ4n) is 1.07. The van der Waals surface area contributed by atoms with Crippen LogP contribution in [0.2, 0.25) is 0 Å². The highest BCUT2D eigenvalue weighted by molar-refractivity contribution is 7.09. The Morgan fingerprint density at radius 3 is 2.87 bits per heavy atom. The second-order valence-electron chi connectivity index (χ2n) is 3.69. The predicted molar refractivity (Wildman–Crippen MR) is 61.9 cm³/mol. The molecule has 4 heteroatoms. The molecule has 0 spiro atoms. The average Bonchev–Trinajstić information content (AvgIpc) is 2.66. The van der Waals surface area contributed by atoms with Gasteiger partial charge in [-0.15, -0.1) is 11.3 Å². The molecule has 1 rings (SSSR count). The molecule has 1 heterocycles. The van der Waals surface area contributed by atoms with Crippen LogP contribution in [0.3, 0.4) is 0 Å². The maximum atomic E-state index is 11.6. The van der Waals surface area contributed by atoms with Crippen molar-refractivity contribution >= 4 is 17.2 Å². The summed E-state index contributed by atoms with van der Waals surface area (Å²) in [5, 5.41) is 2.01. The third-order valence-electron chi connectivity index (χ3n) is 1.94. The molecular weight excluding hydrogens is 210 g/mol. The Kier molecular flexibility index (Phi) is 4.78. The summed E-state index contributed by atoms with van der Waals surface area (Å²) in [7, 11) is 1.80. The first-order valence-electron chi connectivity index (χ1n) is 4.97. The molecule has 0 saturated carbocycles. The number of rotatable bonds is 5. The van der Waals surface area contributed by atoms with Crippen molar-refractivity contribution in [1.82, 2.24) is 4.90 Å². The summed E-state index contributed by atoms with van der Waals surface area (Å²) in [6.45, 7) is 4.68. The van der Waals surface area contributed by atoms with Crippen LogP contribution in [0, 0.1) is 0 Å². The highest BCUT2D eigenvalue weighted by Gasteiger charge is 2.10. The van der Waals surface area contributed by atoms with E-state index in [-0.39, 0.29) is 18.6 Å². The molecule has 84 valence electrons. The lowest BCUT2D eigenvalue weighted by atomic mass is 10.4. The lowest BCUT2D eigenvalue weighted by Crippen LogP contribution is -2.30. The molecule has 0 N–H and O–H groups in total. The Hall–Kier alpha value is -0.870. The molecule has 15 heavy (non-hydrogen) atoms. The number of hydrogen-bond donors (Lipinski definition) is 0. The number of carbonyl (C=O) groups is 1. The second-order valence-corrected chi connectivity index (χ2v) is 4.72. The van der Waals surface area contributed by atoms with Crippen molar-refractivity contribution in [3.05, 3.63) is 22.4 Å². The summed E-state index contributed by atoms with van der Waals surface area (Å²) < 4.78 is 5.26. The molecule has 0 aliphatic heterocycles. The van der Waals surface area contributed by atoms with Crippen LogP contribution < -0.4 is 0 Å². The minimum absolute atomic E-state index is 0.0251. The molecule has 0 atom stereocenters. The fraction of sp³-hybridized carbons (Fsp3) is 0.545. The molecule has 3 nitrogen and oxygen atoms in total. The Balaban J connectivity index is 2.33. The van der Waals surface area contributed by atoms with Gasteiger partial charge in [-0.2, -0.15) is 0 Å². The molecule has 0 aromatic carbocycles. The molecule has 1 amide bonds. The van der Waals surface area contributed by atoms with Crippen LogP contribution >= 0.6 is 11.3 Å². The largest absolute Gasteiger partial charge is 0.369 e. The van der Waals surface area contributed by atoms with Crippen LogP contribution in [0.4, 0.5) is 0 Å². The molecule has 0 fully saturated rings. The van der Waals surface area contributed by atoms with E-state index >= 15 is 0 Å². The molecule has 0 bridgehead atoms. The van der Waals surface area contributed by atoms with E-state index in [1.165, 1.54) is 4.88 Å². The van der Waals surface area contributed by atoms with Gasteiger partial charge in [0.2, 0.25) is 5.91 Å². The van der Waals surface area contributed by atoms with Gasteiger partial charge < -0.3 is 9.64 Å². The molecule has 0 aliphatic rings. The minimum atomic E-state index is 0.0251. The lowest BCUT2D eigenvalue weighted by Gasteiger charge is -2.17. The molecule has 0 aliphatic carbocycles. The third kappa shape index (κ3) is 4.44. The van der Waals surface area contributed by atoms with Gasteiger partial charge in [-0.3, -0.25) is 4.79 Å². The number of nitrogens with zero attached hydrogens (tertiary/aromatic N) is 1. The van der Waals surface area contributed by atoms with Gasteiger partial charge in [0.05, 0.1) is 12.6 Å². The van der Waals surface area contributed by atoms with Crippen molar-refractivity contribution in [2.24, 2.45) is 0 Å². The summed E-state index contributed by atoms with van der Waals surface area (Å²) in [6, 6.07) is 4.01. The van der Waals surface area contributed by atoms with E-state index < -0.39 is 0 Å². The van der Waals surface area contributed by atoms with Crippen LogP contribution in [0.1, 0.15) is 18.7 Å². The molecule has 0 unspecified atom stereocenters. The van der Waals surface area contributed by atoms with Crippen molar-refractivity contribution in [2.75, 3.05) is 13.7 Å². The Bertz CT molecular complexity index is 296. The third-order valence-corrected chi connectivity index (χ3v) is 2.80. The Morgan fingerprint density at radius 2 is 2.33 bits per heavy atom. The topological polar surface area (TPSA) is 29.5 Å². The van der Waals surface area contributed by atoms with E-state index in [9.17, 15) is 4.79 Å². The van der Waals surface area contributed by atoms with Crippen LogP contribution in [-0.4, -0.2) is 30.6 Å². The lowest BCUT2D eigenvalue weighted by molar-refractivity contribution is -0.136. The second kappa shape index (κ2) is 5.88. The van der Waals surface area contributed by atoms with Crippen LogP contribution in [-0.2, 0) is 16.1 Å². The zero-order valence-corrected chi connectivity index (χ0v) is 10.2. The van der Waals surface area contributed by atoms with Crippen LogP contribution in [0.25, 0.3) is 0 Å². The monoisotopic (exact) mass is 227 g/mol. The van der Waals surface area contributed by atoms with Gasteiger partial charge in [-0.05, 0) is 25.3 Å². The van der Waals surface area contributed by atoms with E-state index in [1.54, 1.807) is 23.3 Å². The van der Waals surface area contributed by atoms with Crippen LogP contribution in [0.15, 0.2) is 17.5 Å². The van der Waals surface area contributed by atoms with Gasteiger partial charge in [-0.25, -0.2) is 0 Å². The SMILES string of the molecule is CC(C)OCC(=O)N(C)Cc1cccs1. The summed E-state index contributed by atoms with van der Waals surface area (Å²) >= 11 is 1.66. The average molecular weight is 227 g/mol. The fourth-order valence-corrected chi connectivity index (χ4v) is 1.83. The number of amides is 1. The first-order chi connectivity index (χ1) is 7.09. The van der Waals surface area contributed by atoms with Crippen LogP contribution in [0.5, 0.6) is 0 Å². The summed E-state index contributed by atoms with van der Waals surface area (Å²) in [4.78, 5) is 14.5. The van der Waals surface area contributed by atoms with E-state index in [2.05, 4.69) is 0 Å².